The smallest absolute Gasteiger partial charge is 0.254 e. The summed E-state index contributed by atoms with van der Waals surface area (Å²) < 4.78 is 0. The lowest BCUT2D eigenvalue weighted by atomic mass is 9.56. The molecule has 2 aromatic rings. The Labute approximate surface area is 247 Å². The molecular formula is C28H22BrCl3N2O5. The second-order valence-electron chi connectivity index (χ2n) is 10.4. The molecule has 3 fully saturated rings. The van der Waals surface area contributed by atoms with E-state index in [4.69, 9.17) is 34.8 Å². The highest BCUT2D eigenvalue weighted by Crippen LogP contribution is 2.66. The molecule has 0 radical (unpaired) electrons. The Kier molecular flexibility index (Phi) is 6.42. The summed E-state index contributed by atoms with van der Waals surface area (Å²) >= 11 is 24.1. The summed E-state index contributed by atoms with van der Waals surface area (Å²) in [7, 11) is 0. The van der Waals surface area contributed by atoms with Crippen LogP contribution < -0.4 is 0 Å². The molecule has 0 unspecified atom stereocenters. The van der Waals surface area contributed by atoms with E-state index in [0.717, 1.165) is 10.5 Å². The number of amides is 4. The Morgan fingerprint density at radius 2 is 1.67 bits per heavy atom. The number of halogens is 4. The van der Waals surface area contributed by atoms with Crippen LogP contribution in [-0.4, -0.2) is 53.7 Å². The number of hydrogen-bond donors (Lipinski definition) is 1. The number of phenolic OH excluding ortho intramolecular Hbond substituents is 1. The quantitative estimate of drug-likeness (QED) is 0.218. The average Bonchev–Trinajstić information content (AvgIpc) is 3.23. The molecule has 6 rings (SSSR count). The first-order valence-electron chi connectivity index (χ1n) is 12.4. The molecule has 1 saturated carbocycles. The predicted octanol–water partition coefficient (Wildman–Crippen LogP) is 4.96. The molecule has 0 spiro atoms. The fourth-order valence-corrected chi connectivity index (χ4v) is 8.54. The van der Waals surface area contributed by atoms with E-state index in [1.165, 1.54) is 17.0 Å². The van der Waals surface area contributed by atoms with E-state index in [1.54, 1.807) is 6.07 Å². The molecule has 1 N–H and O–H groups in total. The minimum absolute atomic E-state index is 0.0846. The molecule has 2 saturated heterocycles. The monoisotopic (exact) mass is 650 g/mol. The fraction of sp³-hybridized carbons (Fsp3) is 0.357. The van der Waals surface area contributed by atoms with Gasteiger partial charge < -0.3 is 5.11 Å². The number of rotatable bonds is 4. The van der Waals surface area contributed by atoms with Crippen molar-refractivity contribution < 1.29 is 24.3 Å². The molecule has 0 aromatic heterocycles. The predicted molar refractivity (Wildman–Crippen MR) is 148 cm³/mol. The number of carbonyl (C=O) groups is 4. The van der Waals surface area contributed by atoms with E-state index < -0.39 is 45.2 Å². The molecule has 0 bridgehead atoms. The number of carbonyl (C=O) groups excluding carboxylic acids is 4. The van der Waals surface area contributed by atoms with Crippen LogP contribution in [0.25, 0.3) is 0 Å². The van der Waals surface area contributed by atoms with Gasteiger partial charge in [0.15, 0.2) is 9.75 Å². The lowest BCUT2D eigenvalue weighted by molar-refractivity contribution is -0.141. The molecular weight excluding hydrogens is 631 g/mol. The molecule has 4 aliphatic rings. The zero-order valence-electron chi connectivity index (χ0n) is 20.3. The molecule has 39 heavy (non-hydrogen) atoms. The Morgan fingerprint density at radius 1 is 0.949 bits per heavy atom. The number of nitrogens with zero attached hydrogens (tertiary/aromatic N) is 2. The Hall–Kier alpha value is -2.39. The van der Waals surface area contributed by atoms with Gasteiger partial charge in [-0.2, -0.15) is 0 Å². The van der Waals surface area contributed by atoms with E-state index in [9.17, 15) is 24.3 Å². The zero-order valence-corrected chi connectivity index (χ0v) is 24.2. The van der Waals surface area contributed by atoms with Gasteiger partial charge in [-0.3, -0.25) is 29.0 Å². The van der Waals surface area contributed by atoms with Gasteiger partial charge in [-0.1, -0.05) is 75.6 Å². The zero-order chi connectivity index (χ0) is 27.9. The summed E-state index contributed by atoms with van der Waals surface area (Å²) in [5.74, 6) is -5.02. The van der Waals surface area contributed by atoms with Crippen LogP contribution in [-0.2, 0) is 25.7 Å². The molecule has 2 aromatic carbocycles. The third-order valence-corrected chi connectivity index (χ3v) is 10.8. The van der Waals surface area contributed by atoms with Gasteiger partial charge in [-0.15, -0.1) is 23.2 Å². The van der Waals surface area contributed by atoms with Crippen LogP contribution in [0.4, 0.5) is 0 Å². The van der Waals surface area contributed by atoms with Crippen molar-refractivity contribution in [3.05, 3.63) is 76.3 Å². The maximum Gasteiger partial charge on any atom is 0.254 e. The second kappa shape index (κ2) is 9.33. The average molecular weight is 653 g/mol. The number of benzene rings is 2. The van der Waals surface area contributed by atoms with Crippen molar-refractivity contribution in [3.8, 4) is 5.75 Å². The van der Waals surface area contributed by atoms with E-state index >= 15 is 0 Å². The Bertz CT molecular complexity index is 1470. The summed E-state index contributed by atoms with van der Waals surface area (Å²) in [6, 6.07) is 13.5. The molecule has 2 heterocycles. The van der Waals surface area contributed by atoms with Gasteiger partial charge in [0.05, 0.1) is 23.8 Å². The summed E-state index contributed by atoms with van der Waals surface area (Å²) in [4.78, 5) is 53.2. The molecule has 2 aliphatic carbocycles. The van der Waals surface area contributed by atoms with Gasteiger partial charge in [-0.25, -0.2) is 0 Å². The van der Waals surface area contributed by atoms with Crippen molar-refractivity contribution in [3.63, 3.8) is 0 Å². The van der Waals surface area contributed by atoms with Crippen molar-refractivity contribution >= 4 is 74.4 Å². The molecule has 4 amide bonds. The lowest BCUT2D eigenvalue weighted by Gasteiger charge is -2.51. The van der Waals surface area contributed by atoms with Crippen molar-refractivity contribution in [1.82, 2.24) is 9.80 Å². The number of likely N-dealkylation sites (tertiary alicyclic amines) is 2. The van der Waals surface area contributed by atoms with Crippen LogP contribution in [0.5, 0.6) is 5.75 Å². The van der Waals surface area contributed by atoms with Gasteiger partial charge in [0.2, 0.25) is 11.8 Å². The maximum atomic E-state index is 13.9. The van der Waals surface area contributed by atoms with Crippen LogP contribution in [0.3, 0.4) is 0 Å². The highest BCUT2D eigenvalue weighted by Gasteiger charge is 2.76. The van der Waals surface area contributed by atoms with Crippen molar-refractivity contribution in [2.45, 2.75) is 35.1 Å². The second-order valence-corrected chi connectivity index (χ2v) is 12.6. The van der Waals surface area contributed by atoms with Gasteiger partial charge in [0.25, 0.3) is 11.8 Å². The van der Waals surface area contributed by atoms with Gasteiger partial charge in [-0.05, 0) is 42.0 Å². The third-order valence-electron chi connectivity index (χ3n) is 8.58. The molecule has 2 aliphatic heterocycles. The lowest BCUT2D eigenvalue weighted by Crippen LogP contribution is -2.60. The van der Waals surface area contributed by atoms with Crippen LogP contribution in [0.1, 0.15) is 29.9 Å². The first-order chi connectivity index (χ1) is 18.5. The number of hydrogen-bond acceptors (Lipinski definition) is 5. The van der Waals surface area contributed by atoms with Crippen LogP contribution >= 0.6 is 50.7 Å². The standard InChI is InChI=1S/C28H22BrCl3N2O5/c29-13-34-25(38)27(31)11-19-16(22(28(27,32)26(34)39)17-7-6-15(35)10-20(17)30)8-9-18-21(19)24(37)33(23(18)36)12-14-4-2-1-3-5-14/h1-8,10,18-19,21-22,35H,9,11-13H2/t18-,19+,21-,22+,27+,28-/m0/s1. The van der Waals surface area contributed by atoms with Gasteiger partial charge in [0.1, 0.15) is 5.75 Å². The Morgan fingerprint density at radius 3 is 2.33 bits per heavy atom. The minimum atomic E-state index is -1.94. The van der Waals surface area contributed by atoms with Crippen LogP contribution in [0.15, 0.2) is 60.2 Å². The summed E-state index contributed by atoms with van der Waals surface area (Å²) in [5, 5.41) is 10.1. The van der Waals surface area contributed by atoms with Crippen molar-refractivity contribution in [2.24, 2.45) is 17.8 Å². The van der Waals surface area contributed by atoms with Crippen LogP contribution in [0.2, 0.25) is 5.02 Å². The minimum Gasteiger partial charge on any atom is -0.508 e. The number of imide groups is 2. The number of allylic oxidation sites excluding steroid dienone is 2. The fourth-order valence-electron chi connectivity index (χ4n) is 6.84. The van der Waals surface area contributed by atoms with E-state index in [1.807, 2.05) is 36.4 Å². The molecule has 7 nitrogen and oxygen atoms in total. The summed E-state index contributed by atoms with van der Waals surface area (Å²) in [6.07, 6.45) is 2.03. The van der Waals surface area contributed by atoms with E-state index in [0.29, 0.717) is 11.1 Å². The highest BCUT2D eigenvalue weighted by molar-refractivity contribution is 9.09. The third kappa shape index (κ3) is 3.61. The maximum absolute atomic E-state index is 13.9. The van der Waals surface area contributed by atoms with Crippen molar-refractivity contribution in [2.75, 3.05) is 5.45 Å². The van der Waals surface area contributed by atoms with E-state index in [-0.39, 0.29) is 47.4 Å². The van der Waals surface area contributed by atoms with Crippen LogP contribution in [0, 0.1) is 17.8 Å². The molecule has 11 heteroatoms. The summed E-state index contributed by atoms with van der Waals surface area (Å²) in [5.41, 5.74) is 1.76. The van der Waals surface area contributed by atoms with E-state index in [2.05, 4.69) is 15.9 Å². The first-order valence-corrected chi connectivity index (χ1v) is 14.7. The molecule has 202 valence electrons. The summed E-state index contributed by atoms with van der Waals surface area (Å²) in [6.45, 7) is 0.140. The highest BCUT2D eigenvalue weighted by atomic mass is 79.9. The van der Waals surface area contributed by atoms with Gasteiger partial charge >= 0.3 is 0 Å². The number of fused-ring (bicyclic) bond motifs is 4. The number of aromatic hydroxyl groups is 1. The van der Waals surface area contributed by atoms with Crippen molar-refractivity contribution in [1.29, 1.82) is 0 Å². The SMILES string of the molecule is O=C1[C@H]2[C@H](CC=C3[C@H]2C[C@@]2(Cl)C(=O)N(CBr)C(=O)[C@@]2(Cl)[C@H]3c2ccc(O)cc2Cl)C(=O)N1Cc1ccccc1. The first kappa shape index (κ1) is 26.8. The normalized spacial score (nSPS) is 33.7. The Balaban J connectivity index is 1.49. The topological polar surface area (TPSA) is 95.0 Å². The number of phenols is 1. The number of alkyl halides is 3. The van der Waals surface area contributed by atoms with Gasteiger partial charge in [0, 0.05) is 10.9 Å². The molecule has 6 atom stereocenters. The largest absolute Gasteiger partial charge is 0.508 e.